The van der Waals surface area contributed by atoms with Crippen LogP contribution in [-0.4, -0.2) is 10.8 Å². The Morgan fingerprint density at radius 1 is 1.57 bits per heavy atom. The molecule has 0 spiro atoms. The molecule has 0 bridgehead atoms. The first-order valence-corrected chi connectivity index (χ1v) is 4.39. The average Bonchev–Trinajstić information content (AvgIpc) is 1.69. The van der Waals surface area contributed by atoms with E-state index in [9.17, 15) is 0 Å². The van der Waals surface area contributed by atoms with Crippen molar-refractivity contribution in [1.29, 1.82) is 0 Å². The van der Waals surface area contributed by atoms with Crippen LogP contribution < -0.4 is 0 Å². The van der Waals surface area contributed by atoms with Crippen molar-refractivity contribution in [2.24, 2.45) is 0 Å². The first-order valence-electron chi connectivity index (χ1n) is 2.60. The molecule has 0 rings (SSSR count). The maximum atomic E-state index is 4.06. The van der Waals surface area contributed by atoms with Crippen molar-refractivity contribution in [3.05, 3.63) is 0 Å². The molecule has 0 atom stereocenters. The summed E-state index contributed by atoms with van der Waals surface area (Å²) >= 11 is 5.95. The Balaban J connectivity index is 2.45. The predicted molar refractivity (Wildman–Crippen MR) is 41.2 cm³/mol. The zero-order valence-corrected chi connectivity index (χ0v) is 6.39. The number of rotatable bonds is 4. The quantitative estimate of drug-likeness (QED) is 0.352. The van der Waals surface area contributed by atoms with Crippen molar-refractivity contribution in [2.45, 2.75) is 19.8 Å². The molecule has 0 nitrogen and oxygen atoms in total. The van der Waals surface area contributed by atoms with Crippen LogP contribution in [0.3, 0.4) is 0 Å². The van der Waals surface area contributed by atoms with Gasteiger partial charge in [0.25, 0.3) is 0 Å². The highest BCUT2D eigenvalue weighted by Gasteiger charge is 1.80. The fourth-order valence-corrected chi connectivity index (χ4v) is 1.32. The van der Waals surface area contributed by atoms with E-state index in [4.69, 9.17) is 0 Å². The van der Waals surface area contributed by atoms with E-state index in [0.29, 0.717) is 0 Å². The van der Waals surface area contributed by atoms with E-state index in [1.807, 2.05) is 11.8 Å². The van der Waals surface area contributed by atoms with Crippen LogP contribution in [0, 0.1) is 0 Å². The maximum absolute atomic E-state index is 4.06. The Bertz CT molecular complexity index is 25.3. The molecule has 2 heteroatoms. The smallest absolute Gasteiger partial charge is 0.0361 e. The molecular formula is C5H12S2. The van der Waals surface area contributed by atoms with Gasteiger partial charge in [-0.2, -0.15) is 24.4 Å². The number of thiol groups is 1. The highest BCUT2D eigenvalue weighted by atomic mass is 32.2. The largest absolute Gasteiger partial charge is 0.168 e. The van der Waals surface area contributed by atoms with Crippen LogP contribution in [0.4, 0.5) is 0 Å². The van der Waals surface area contributed by atoms with Crippen LogP contribution >= 0.6 is 24.4 Å². The summed E-state index contributed by atoms with van der Waals surface area (Å²) in [5.41, 5.74) is 0. The van der Waals surface area contributed by atoms with Gasteiger partial charge >= 0.3 is 0 Å². The summed E-state index contributed by atoms with van der Waals surface area (Å²) in [6.45, 7) is 2.21. The molecule has 44 valence electrons. The van der Waals surface area contributed by atoms with Gasteiger partial charge in [-0.25, -0.2) is 0 Å². The number of hydrogen-bond acceptors (Lipinski definition) is 2. The normalized spacial score (nSPS) is 9.43. The molecule has 0 aliphatic heterocycles. The summed E-state index contributed by atoms with van der Waals surface area (Å²) in [7, 11) is 0. The molecular weight excluding hydrogens is 124 g/mol. The van der Waals surface area contributed by atoms with Crippen LogP contribution in [0.1, 0.15) is 19.8 Å². The number of hydrogen-bond donors (Lipinski definition) is 1. The summed E-state index contributed by atoms with van der Waals surface area (Å²) < 4.78 is 0. The Labute approximate surface area is 55.5 Å². The van der Waals surface area contributed by atoms with Crippen molar-refractivity contribution in [1.82, 2.24) is 0 Å². The Morgan fingerprint density at radius 2 is 2.29 bits per heavy atom. The van der Waals surface area contributed by atoms with Crippen LogP contribution in [0.15, 0.2) is 0 Å². The first kappa shape index (κ1) is 7.70. The van der Waals surface area contributed by atoms with E-state index in [0.717, 1.165) is 5.08 Å². The van der Waals surface area contributed by atoms with Gasteiger partial charge in [-0.1, -0.05) is 13.3 Å². The average molecular weight is 136 g/mol. The first-order chi connectivity index (χ1) is 3.41. The summed E-state index contributed by atoms with van der Waals surface area (Å²) in [5.74, 6) is 1.28. The summed E-state index contributed by atoms with van der Waals surface area (Å²) in [6, 6.07) is 0. The molecule has 0 heterocycles. The number of unbranched alkanes of at least 4 members (excludes halogenated alkanes) is 1. The van der Waals surface area contributed by atoms with E-state index in [1.54, 1.807) is 0 Å². The molecule has 0 aromatic carbocycles. The minimum Gasteiger partial charge on any atom is -0.168 e. The lowest BCUT2D eigenvalue weighted by Crippen LogP contribution is -1.74. The van der Waals surface area contributed by atoms with Gasteiger partial charge in [0.15, 0.2) is 0 Å². The minimum absolute atomic E-state index is 0.972. The molecule has 0 unspecified atom stereocenters. The second kappa shape index (κ2) is 6.70. The monoisotopic (exact) mass is 136 g/mol. The SMILES string of the molecule is CCCCSCS. The Morgan fingerprint density at radius 3 is 2.71 bits per heavy atom. The highest BCUT2D eigenvalue weighted by Crippen LogP contribution is 2.04. The predicted octanol–water partition coefficient (Wildman–Crippen LogP) is 2.41. The minimum atomic E-state index is 0.972. The lowest BCUT2D eigenvalue weighted by Gasteiger charge is -1.90. The van der Waals surface area contributed by atoms with E-state index in [1.165, 1.54) is 18.6 Å². The van der Waals surface area contributed by atoms with Gasteiger partial charge < -0.3 is 0 Å². The van der Waals surface area contributed by atoms with Crippen LogP contribution in [-0.2, 0) is 0 Å². The molecule has 0 aromatic rings. The van der Waals surface area contributed by atoms with Crippen molar-refractivity contribution in [2.75, 3.05) is 10.8 Å². The molecule has 0 amide bonds. The standard InChI is InChI=1S/C5H12S2/c1-2-3-4-7-5-6/h6H,2-5H2,1H3. The third-order valence-corrected chi connectivity index (χ3v) is 2.04. The van der Waals surface area contributed by atoms with Crippen molar-refractivity contribution < 1.29 is 0 Å². The van der Waals surface area contributed by atoms with E-state index in [-0.39, 0.29) is 0 Å². The maximum Gasteiger partial charge on any atom is 0.0361 e. The van der Waals surface area contributed by atoms with E-state index >= 15 is 0 Å². The molecule has 0 aliphatic carbocycles. The topological polar surface area (TPSA) is 0 Å². The van der Waals surface area contributed by atoms with Gasteiger partial charge in [0.1, 0.15) is 0 Å². The third kappa shape index (κ3) is 6.70. The molecule has 0 saturated heterocycles. The van der Waals surface area contributed by atoms with Crippen molar-refractivity contribution in [3.8, 4) is 0 Å². The van der Waals surface area contributed by atoms with Gasteiger partial charge in [0.05, 0.1) is 0 Å². The molecule has 0 aliphatic rings. The van der Waals surface area contributed by atoms with Crippen molar-refractivity contribution >= 4 is 24.4 Å². The van der Waals surface area contributed by atoms with Crippen molar-refractivity contribution in [3.63, 3.8) is 0 Å². The molecule has 0 saturated carbocycles. The third-order valence-electron chi connectivity index (χ3n) is 0.734. The Hall–Kier alpha value is 0.700. The molecule has 7 heavy (non-hydrogen) atoms. The van der Waals surface area contributed by atoms with Crippen LogP contribution in [0.5, 0.6) is 0 Å². The lowest BCUT2D eigenvalue weighted by molar-refractivity contribution is 0.897. The lowest BCUT2D eigenvalue weighted by atomic mass is 10.4. The summed E-state index contributed by atoms with van der Waals surface area (Å²) in [6.07, 6.45) is 2.64. The van der Waals surface area contributed by atoms with E-state index < -0.39 is 0 Å². The molecule has 0 radical (unpaired) electrons. The second-order valence-electron chi connectivity index (χ2n) is 1.39. The summed E-state index contributed by atoms with van der Waals surface area (Å²) in [4.78, 5) is 0. The van der Waals surface area contributed by atoms with Gasteiger partial charge in [0, 0.05) is 5.08 Å². The highest BCUT2D eigenvalue weighted by molar-refractivity contribution is 8.09. The van der Waals surface area contributed by atoms with E-state index in [2.05, 4.69) is 19.6 Å². The zero-order chi connectivity index (χ0) is 5.54. The molecule has 0 fully saturated rings. The molecule has 0 N–H and O–H groups in total. The summed E-state index contributed by atoms with van der Waals surface area (Å²) in [5, 5.41) is 0.972. The van der Waals surface area contributed by atoms with Crippen LogP contribution in [0.25, 0.3) is 0 Å². The van der Waals surface area contributed by atoms with Gasteiger partial charge in [-0.05, 0) is 12.2 Å². The van der Waals surface area contributed by atoms with Gasteiger partial charge in [0.2, 0.25) is 0 Å². The second-order valence-corrected chi connectivity index (χ2v) is 3.24. The number of thioether (sulfide) groups is 1. The van der Waals surface area contributed by atoms with Gasteiger partial charge in [-0.15, -0.1) is 0 Å². The van der Waals surface area contributed by atoms with Crippen LogP contribution in [0.2, 0.25) is 0 Å². The fourth-order valence-electron chi connectivity index (χ4n) is 0.311. The fraction of sp³-hybridized carbons (Fsp3) is 1.00. The molecule has 0 aromatic heterocycles. The zero-order valence-electron chi connectivity index (χ0n) is 4.68. The Kier molecular flexibility index (Phi) is 7.37. The van der Waals surface area contributed by atoms with Gasteiger partial charge in [-0.3, -0.25) is 0 Å².